The summed E-state index contributed by atoms with van der Waals surface area (Å²) in [5.74, 6) is 1.16. The second-order valence-electron chi connectivity index (χ2n) is 7.54. The number of aromatic nitrogens is 3. The number of methoxy groups -OCH3 is 1. The van der Waals surface area contributed by atoms with Crippen molar-refractivity contribution in [1.82, 2.24) is 14.6 Å². The number of hydrogen-bond donors (Lipinski definition) is 0. The predicted molar refractivity (Wildman–Crippen MR) is 133 cm³/mol. The smallest absolute Gasteiger partial charge is 0.235 e. The average Bonchev–Trinajstić information content (AvgIpc) is 3.29. The molecule has 3 heterocycles. The lowest BCUT2D eigenvalue weighted by Gasteiger charge is -2.12. The monoisotopic (exact) mass is 511 g/mol. The average molecular weight is 512 g/mol. The number of halogens is 2. The first kappa shape index (κ1) is 23.2. The number of pyridine rings is 1. The molecule has 0 saturated carbocycles. The molecule has 0 bridgehead atoms. The Labute approximate surface area is 208 Å². The number of rotatable bonds is 8. The topological polar surface area (TPSA) is 78.9 Å². The van der Waals surface area contributed by atoms with Gasteiger partial charge < -0.3 is 13.9 Å². The molecule has 0 saturated heterocycles. The summed E-state index contributed by atoms with van der Waals surface area (Å²) in [7, 11) is 1.53. The number of thioether (sulfide) groups is 1. The summed E-state index contributed by atoms with van der Waals surface area (Å²) in [6.45, 7) is 0.269. The minimum atomic E-state index is -0.389. The van der Waals surface area contributed by atoms with E-state index in [0.717, 1.165) is 0 Å². The minimum absolute atomic E-state index is 0.0824. The molecule has 0 aliphatic carbocycles. The highest BCUT2D eigenvalue weighted by Gasteiger charge is 2.18. The largest absolute Gasteiger partial charge is 0.497 e. The Balaban J connectivity index is 1.37. The fourth-order valence-electron chi connectivity index (χ4n) is 3.56. The molecule has 0 aliphatic heterocycles. The fraction of sp³-hybridized carbons (Fsp3) is 0.160. The van der Waals surface area contributed by atoms with E-state index >= 15 is 0 Å². The van der Waals surface area contributed by atoms with Crippen molar-refractivity contribution in [2.45, 2.75) is 11.6 Å². The first-order valence-electron chi connectivity index (χ1n) is 10.7. The van der Waals surface area contributed by atoms with Crippen molar-refractivity contribution in [1.29, 1.82) is 0 Å². The van der Waals surface area contributed by atoms with E-state index in [2.05, 4.69) is 10.2 Å². The van der Waals surface area contributed by atoms with Crippen LogP contribution in [0, 0.1) is 5.82 Å². The maximum absolute atomic E-state index is 13.5. The van der Waals surface area contributed by atoms with Gasteiger partial charge in [0.1, 0.15) is 17.1 Å². The molecule has 0 spiro atoms. The maximum Gasteiger partial charge on any atom is 0.235 e. The van der Waals surface area contributed by atoms with Crippen molar-refractivity contribution in [3.8, 4) is 22.8 Å². The van der Waals surface area contributed by atoms with Crippen LogP contribution in [0.1, 0.15) is 6.42 Å². The molecule has 5 aromatic rings. The molecule has 7 nitrogen and oxygen atoms in total. The second-order valence-corrected chi connectivity index (χ2v) is 9.01. The zero-order valence-electron chi connectivity index (χ0n) is 18.5. The molecule has 35 heavy (non-hydrogen) atoms. The summed E-state index contributed by atoms with van der Waals surface area (Å²) < 4.78 is 32.6. The molecule has 0 aliphatic rings. The van der Waals surface area contributed by atoms with Gasteiger partial charge in [0.05, 0.1) is 24.1 Å². The summed E-state index contributed by atoms with van der Waals surface area (Å²) in [5, 5.41) is 9.90. The van der Waals surface area contributed by atoms with E-state index in [9.17, 15) is 9.18 Å². The molecular formula is C25H19ClFN3O4S. The SMILES string of the molecule is COc1ccc2c(=O)c(OCCCSc3nnc4c(Cl)cccn34)c(-c3ccc(F)cc3)oc2c1. The van der Waals surface area contributed by atoms with Crippen LogP contribution in [0.5, 0.6) is 11.5 Å². The third kappa shape index (κ3) is 4.69. The van der Waals surface area contributed by atoms with Crippen LogP contribution < -0.4 is 14.9 Å². The Bertz CT molecular complexity index is 1570. The first-order chi connectivity index (χ1) is 17.0. The van der Waals surface area contributed by atoms with Crippen molar-refractivity contribution in [2.24, 2.45) is 0 Å². The zero-order valence-corrected chi connectivity index (χ0v) is 20.1. The van der Waals surface area contributed by atoms with Crippen LogP contribution in [0.15, 0.2) is 75.2 Å². The molecule has 0 unspecified atom stereocenters. The Morgan fingerprint density at radius 2 is 1.97 bits per heavy atom. The van der Waals surface area contributed by atoms with Gasteiger partial charge in [0.15, 0.2) is 16.6 Å². The van der Waals surface area contributed by atoms with Gasteiger partial charge in [0, 0.05) is 23.6 Å². The molecule has 0 N–H and O–H groups in total. The highest BCUT2D eigenvalue weighted by atomic mass is 35.5. The standard InChI is InChI=1S/C25H19ClFN3O4S/c1-32-17-9-10-18-20(14-17)34-22(15-5-7-16(27)8-6-15)23(21(18)31)33-12-3-13-35-25-29-28-24-19(26)4-2-11-30(24)25/h2,4-11,14H,3,12-13H2,1H3. The van der Waals surface area contributed by atoms with Crippen molar-refractivity contribution in [3.63, 3.8) is 0 Å². The molecule has 5 rings (SSSR count). The van der Waals surface area contributed by atoms with Gasteiger partial charge in [-0.25, -0.2) is 4.39 Å². The number of benzene rings is 2. The molecule has 0 atom stereocenters. The van der Waals surface area contributed by atoms with Crippen molar-refractivity contribution in [2.75, 3.05) is 19.5 Å². The molecule has 2 aromatic carbocycles. The third-order valence-corrected chi connectivity index (χ3v) is 6.61. The van der Waals surface area contributed by atoms with Gasteiger partial charge in [-0.1, -0.05) is 23.4 Å². The second kappa shape index (κ2) is 9.97. The molecule has 10 heteroatoms. The van der Waals surface area contributed by atoms with Crippen LogP contribution in [0.25, 0.3) is 27.9 Å². The van der Waals surface area contributed by atoms with Gasteiger partial charge in [0.25, 0.3) is 0 Å². The quantitative estimate of drug-likeness (QED) is 0.190. The van der Waals surface area contributed by atoms with Crippen LogP contribution in [0.4, 0.5) is 4.39 Å². The maximum atomic E-state index is 13.5. The molecule has 0 radical (unpaired) electrons. The molecule has 3 aromatic heterocycles. The molecule has 0 fully saturated rings. The van der Waals surface area contributed by atoms with E-state index in [1.54, 1.807) is 36.4 Å². The lowest BCUT2D eigenvalue weighted by molar-refractivity contribution is 0.310. The van der Waals surface area contributed by atoms with Gasteiger partial charge in [-0.3, -0.25) is 9.20 Å². The number of ether oxygens (including phenoxy) is 2. The Kier molecular flexibility index (Phi) is 6.61. The van der Waals surface area contributed by atoms with E-state index in [-0.39, 0.29) is 29.4 Å². The highest BCUT2D eigenvalue weighted by molar-refractivity contribution is 7.99. The number of fused-ring (bicyclic) bond motifs is 2. The van der Waals surface area contributed by atoms with E-state index < -0.39 is 0 Å². The van der Waals surface area contributed by atoms with Crippen LogP contribution in [0.3, 0.4) is 0 Å². The zero-order chi connectivity index (χ0) is 24.4. The number of nitrogens with zero attached hydrogens (tertiary/aromatic N) is 3. The minimum Gasteiger partial charge on any atom is -0.497 e. The van der Waals surface area contributed by atoms with Gasteiger partial charge in [-0.2, -0.15) is 0 Å². The summed E-state index contributed by atoms with van der Waals surface area (Å²) >= 11 is 7.66. The summed E-state index contributed by atoms with van der Waals surface area (Å²) in [4.78, 5) is 13.3. The third-order valence-electron chi connectivity index (χ3n) is 5.29. The summed E-state index contributed by atoms with van der Waals surface area (Å²) in [6, 6.07) is 14.3. The Morgan fingerprint density at radius 1 is 1.14 bits per heavy atom. The predicted octanol–water partition coefficient (Wildman–Crippen LogP) is 5.87. The van der Waals surface area contributed by atoms with E-state index in [1.165, 1.54) is 31.0 Å². The lowest BCUT2D eigenvalue weighted by Crippen LogP contribution is -2.11. The van der Waals surface area contributed by atoms with Crippen molar-refractivity contribution in [3.05, 3.63) is 81.9 Å². The summed E-state index contributed by atoms with van der Waals surface area (Å²) in [6.07, 6.45) is 2.48. The van der Waals surface area contributed by atoms with E-state index in [0.29, 0.717) is 50.3 Å². The molecular weight excluding hydrogens is 493 g/mol. The van der Waals surface area contributed by atoms with Crippen molar-refractivity contribution < 1.29 is 18.3 Å². The van der Waals surface area contributed by atoms with Gasteiger partial charge in [-0.05, 0) is 55.0 Å². The molecule has 0 amide bonds. The fourth-order valence-corrected chi connectivity index (χ4v) is 4.59. The summed E-state index contributed by atoms with van der Waals surface area (Å²) in [5.41, 5.74) is 1.18. The van der Waals surface area contributed by atoms with Gasteiger partial charge in [0.2, 0.25) is 11.2 Å². The number of hydrogen-bond acceptors (Lipinski definition) is 7. The van der Waals surface area contributed by atoms with Crippen molar-refractivity contribution >= 4 is 40.0 Å². The first-order valence-corrected chi connectivity index (χ1v) is 12.1. The Hall–Kier alpha value is -3.56. The van der Waals surface area contributed by atoms with Crippen LogP contribution in [-0.4, -0.2) is 34.1 Å². The normalized spacial score (nSPS) is 11.3. The van der Waals surface area contributed by atoms with Gasteiger partial charge >= 0.3 is 0 Å². The molecule has 178 valence electrons. The lowest BCUT2D eigenvalue weighted by atomic mass is 10.1. The highest BCUT2D eigenvalue weighted by Crippen LogP contribution is 2.32. The Morgan fingerprint density at radius 3 is 2.77 bits per heavy atom. The van der Waals surface area contributed by atoms with E-state index in [1.807, 2.05) is 16.7 Å². The van der Waals surface area contributed by atoms with Crippen LogP contribution in [0.2, 0.25) is 5.02 Å². The van der Waals surface area contributed by atoms with Crippen LogP contribution >= 0.6 is 23.4 Å². The van der Waals surface area contributed by atoms with Crippen LogP contribution in [-0.2, 0) is 0 Å². The van der Waals surface area contributed by atoms with E-state index in [4.69, 9.17) is 25.5 Å². The van der Waals surface area contributed by atoms with Gasteiger partial charge in [-0.15, -0.1) is 10.2 Å².